The molecule has 11 heteroatoms. The van der Waals surface area contributed by atoms with Gasteiger partial charge in [0.05, 0.1) is 23.7 Å². The molecule has 5 rings (SSSR count). The van der Waals surface area contributed by atoms with Gasteiger partial charge in [-0.05, 0) is 84.8 Å². The molecular weight excluding hydrogens is 563 g/mol. The van der Waals surface area contributed by atoms with Crippen molar-refractivity contribution in [3.05, 3.63) is 102 Å². The summed E-state index contributed by atoms with van der Waals surface area (Å²) in [6.07, 6.45) is -3.03. The molecule has 0 atom stereocenters. The molecule has 0 bridgehead atoms. The van der Waals surface area contributed by atoms with Gasteiger partial charge < -0.3 is 15.4 Å². The summed E-state index contributed by atoms with van der Waals surface area (Å²) in [6, 6.07) is 20.8. The van der Waals surface area contributed by atoms with E-state index in [2.05, 4.69) is 39.4 Å². The molecule has 0 saturated carbocycles. The molecule has 0 aliphatic carbocycles. The SMILES string of the molecule is COc1ccc(Sc2ccc(C(=O)Nc3ccc(C(F)(F)F)cc3)cc2Nc2ncnc3nc(C(C)C)ccc23)cc1. The summed E-state index contributed by atoms with van der Waals surface area (Å²) in [6.45, 7) is 4.11. The molecule has 0 aliphatic rings. The molecule has 214 valence electrons. The Kier molecular flexibility index (Phi) is 8.30. The Labute approximate surface area is 244 Å². The monoisotopic (exact) mass is 589 g/mol. The minimum Gasteiger partial charge on any atom is -0.497 e. The highest BCUT2D eigenvalue weighted by molar-refractivity contribution is 7.99. The van der Waals surface area contributed by atoms with Crippen molar-refractivity contribution in [2.45, 2.75) is 35.7 Å². The van der Waals surface area contributed by atoms with Gasteiger partial charge in [-0.25, -0.2) is 15.0 Å². The molecule has 0 radical (unpaired) electrons. The van der Waals surface area contributed by atoms with Crippen molar-refractivity contribution in [3.63, 3.8) is 0 Å². The van der Waals surface area contributed by atoms with Crippen molar-refractivity contribution in [2.24, 2.45) is 0 Å². The van der Waals surface area contributed by atoms with Crippen molar-refractivity contribution in [2.75, 3.05) is 17.7 Å². The first-order valence-corrected chi connectivity index (χ1v) is 13.8. The molecule has 5 aromatic rings. The number of carbonyl (C=O) groups is 1. The lowest BCUT2D eigenvalue weighted by atomic mass is 10.1. The van der Waals surface area contributed by atoms with E-state index in [-0.39, 0.29) is 11.6 Å². The molecule has 0 fully saturated rings. The Hall–Kier alpha value is -4.64. The van der Waals surface area contributed by atoms with E-state index < -0.39 is 17.6 Å². The smallest absolute Gasteiger partial charge is 0.416 e. The molecule has 0 aliphatic heterocycles. The molecular formula is C31H26F3N5O2S. The van der Waals surface area contributed by atoms with Crippen LogP contribution in [0.15, 0.2) is 95.0 Å². The molecule has 7 nitrogen and oxygen atoms in total. The summed E-state index contributed by atoms with van der Waals surface area (Å²) in [5.74, 6) is 0.996. The summed E-state index contributed by atoms with van der Waals surface area (Å²) in [4.78, 5) is 28.3. The maximum Gasteiger partial charge on any atom is 0.416 e. The van der Waals surface area contributed by atoms with E-state index in [1.54, 1.807) is 25.3 Å². The zero-order chi connectivity index (χ0) is 29.9. The van der Waals surface area contributed by atoms with Crippen molar-refractivity contribution in [1.82, 2.24) is 15.0 Å². The average molecular weight is 590 g/mol. The molecule has 2 N–H and O–H groups in total. The Morgan fingerprint density at radius 3 is 2.33 bits per heavy atom. The van der Waals surface area contributed by atoms with E-state index in [0.717, 1.165) is 33.4 Å². The fourth-order valence-corrected chi connectivity index (χ4v) is 4.96. The number of pyridine rings is 1. The molecule has 3 aromatic carbocycles. The second kappa shape index (κ2) is 12.1. The molecule has 2 heterocycles. The van der Waals surface area contributed by atoms with Gasteiger partial charge in [0.2, 0.25) is 0 Å². The van der Waals surface area contributed by atoms with Gasteiger partial charge in [-0.15, -0.1) is 0 Å². The Balaban J connectivity index is 1.48. The lowest BCUT2D eigenvalue weighted by molar-refractivity contribution is -0.137. The number of methoxy groups -OCH3 is 1. The van der Waals surface area contributed by atoms with Crippen LogP contribution >= 0.6 is 11.8 Å². The maximum atomic E-state index is 13.1. The van der Waals surface area contributed by atoms with Crippen LogP contribution < -0.4 is 15.4 Å². The van der Waals surface area contributed by atoms with Crippen LogP contribution in [0.4, 0.5) is 30.4 Å². The summed E-state index contributed by atoms with van der Waals surface area (Å²) in [7, 11) is 1.60. The van der Waals surface area contributed by atoms with E-state index >= 15 is 0 Å². The summed E-state index contributed by atoms with van der Waals surface area (Å²) >= 11 is 1.48. The number of carbonyl (C=O) groups excluding carboxylic acids is 1. The second-order valence-electron chi connectivity index (χ2n) is 9.63. The van der Waals surface area contributed by atoms with Crippen LogP contribution in [0.5, 0.6) is 5.75 Å². The van der Waals surface area contributed by atoms with Crippen LogP contribution in [0.25, 0.3) is 11.0 Å². The molecule has 2 aromatic heterocycles. The third-order valence-corrected chi connectivity index (χ3v) is 7.45. The van der Waals surface area contributed by atoms with Crippen molar-refractivity contribution >= 4 is 45.9 Å². The number of hydrogen-bond donors (Lipinski definition) is 2. The van der Waals surface area contributed by atoms with Crippen molar-refractivity contribution in [1.29, 1.82) is 0 Å². The van der Waals surface area contributed by atoms with Crippen LogP contribution in [0.3, 0.4) is 0 Å². The minimum atomic E-state index is -4.46. The number of halogens is 3. The third-order valence-electron chi connectivity index (χ3n) is 6.36. The predicted octanol–water partition coefficient (Wildman–Crippen LogP) is 8.32. The highest BCUT2D eigenvalue weighted by atomic mass is 32.2. The number of aromatic nitrogens is 3. The Morgan fingerprint density at radius 2 is 1.67 bits per heavy atom. The number of fused-ring (bicyclic) bond motifs is 1. The first-order chi connectivity index (χ1) is 20.1. The second-order valence-corrected chi connectivity index (χ2v) is 10.7. The summed E-state index contributed by atoms with van der Waals surface area (Å²) in [5.41, 5.74) is 1.80. The number of amides is 1. The minimum absolute atomic E-state index is 0.230. The van der Waals surface area contributed by atoms with E-state index in [1.165, 1.54) is 30.2 Å². The highest BCUT2D eigenvalue weighted by Gasteiger charge is 2.30. The molecule has 42 heavy (non-hydrogen) atoms. The topological polar surface area (TPSA) is 89.0 Å². The Bertz CT molecular complexity index is 1730. The van der Waals surface area contributed by atoms with Gasteiger partial charge in [0.15, 0.2) is 5.65 Å². The average Bonchev–Trinajstić information content (AvgIpc) is 2.98. The molecule has 0 unspecified atom stereocenters. The molecule has 1 amide bonds. The molecule has 0 spiro atoms. The molecule has 0 saturated heterocycles. The third kappa shape index (κ3) is 6.63. The van der Waals surface area contributed by atoms with Gasteiger partial charge >= 0.3 is 6.18 Å². The largest absolute Gasteiger partial charge is 0.497 e. The van der Waals surface area contributed by atoms with Gasteiger partial charge in [0.1, 0.15) is 17.9 Å². The van der Waals surface area contributed by atoms with E-state index in [1.807, 2.05) is 36.4 Å². The van der Waals surface area contributed by atoms with E-state index in [4.69, 9.17) is 4.74 Å². The quantitative estimate of drug-likeness (QED) is 0.188. The van der Waals surface area contributed by atoms with E-state index in [9.17, 15) is 18.0 Å². The van der Waals surface area contributed by atoms with Crippen molar-refractivity contribution < 1.29 is 22.7 Å². The zero-order valence-corrected chi connectivity index (χ0v) is 23.7. The normalized spacial score (nSPS) is 11.5. The fraction of sp³-hybridized carbons (Fsp3) is 0.161. The van der Waals surface area contributed by atoms with E-state index in [0.29, 0.717) is 28.1 Å². The first-order valence-electron chi connectivity index (χ1n) is 12.9. The van der Waals surface area contributed by atoms with Crippen LogP contribution in [0, 0.1) is 0 Å². The van der Waals surface area contributed by atoms with Crippen LogP contribution in [0.2, 0.25) is 0 Å². The first kappa shape index (κ1) is 28.9. The number of anilines is 3. The number of nitrogens with zero attached hydrogens (tertiary/aromatic N) is 3. The predicted molar refractivity (Wildman–Crippen MR) is 158 cm³/mol. The summed E-state index contributed by atoms with van der Waals surface area (Å²) < 4.78 is 44.1. The fourth-order valence-electron chi connectivity index (χ4n) is 4.08. The van der Waals surface area contributed by atoms with Crippen molar-refractivity contribution in [3.8, 4) is 5.75 Å². The van der Waals surface area contributed by atoms with Gasteiger partial charge in [-0.3, -0.25) is 4.79 Å². The van der Waals surface area contributed by atoms with Gasteiger partial charge in [0.25, 0.3) is 5.91 Å². The van der Waals surface area contributed by atoms with Crippen LogP contribution in [-0.2, 0) is 6.18 Å². The van der Waals surface area contributed by atoms with Crippen LogP contribution in [-0.4, -0.2) is 28.0 Å². The number of rotatable bonds is 8. The standard InChI is InChI=1S/C31H26F3N5O2S/c1-18(2)25-14-13-24-28(38-25)35-17-36-29(24)39-26-16-19(4-15-27(26)42-23-11-9-22(41-3)10-12-23)30(40)37-21-7-5-20(6-8-21)31(32,33)34/h4-18H,1-3H3,(H,37,40)(H,35,36,38,39). The van der Waals surface area contributed by atoms with Gasteiger partial charge in [0, 0.05) is 26.7 Å². The zero-order valence-electron chi connectivity index (χ0n) is 22.9. The number of hydrogen-bond acceptors (Lipinski definition) is 7. The lowest BCUT2D eigenvalue weighted by Gasteiger charge is -2.15. The van der Waals surface area contributed by atoms with Gasteiger partial charge in [-0.2, -0.15) is 13.2 Å². The number of ether oxygens (including phenoxy) is 1. The van der Waals surface area contributed by atoms with Crippen LogP contribution in [0.1, 0.15) is 41.4 Å². The maximum absolute atomic E-state index is 13.1. The summed E-state index contributed by atoms with van der Waals surface area (Å²) in [5, 5.41) is 6.72. The lowest BCUT2D eigenvalue weighted by Crippen LogP contribution is -2.13. The number of alkyl halides is 3. The Morgan fingerprint density at radius 1 is 0.929 bits per heavy atom. The number of benzene rings is 3. The van der Waals surface area contributed by atoms with Gasteiger partial charge in [-0.1, -0.05) is 25.6 Å². The highest BCUT2D eigenvalue weighted by Crippen LogP contribution is 2.37. The number of nitrogens with one attached hydrogen (secondary N) is 2.